The topological polar surface area (TPSA) is 93.0 Å². The van der Waals surface area contributed by atoms with Gasteiger partial charge in [-0.15, -0.1) is 11.3 Å². The first kappa shape index (κ1) is 19.8. The van der Waals surface area contributed by atoms with Crippen LogP contribution < -0.4 is 14.9 Å². The molecule has 0 radical (unpaired) electrons. The molecular weight excluding hydrogens is 446 g/mol. The summed E-state index contributed by atoms with van der Waals surface area (Å²) in [7, 11) is 1.48. The maximum Gasteiger partial charge on any atom is 0.341 e. The lowest BCUT2D eigenvalue weighted by Crippen LogP contribution is -2.11. The molecule has 7 nitrogen and oxygen atoms in total. The van der Waals surface area contributed by atoms with E-state index in [0.717, 1.165) is 15.7 Å². The van der Waals surface area contributed by atoms with Gasteiger partial charge in [-0.05, 0) is 12.1 Å². The molecule has 2 aromatic carbocycles. The van der Waals surface area contributed by atoms with E-state index in [1.807, 2.05) is 35.7 Å². The molecule has 1 heterocycles. The van der Waals surface area contributed by atoms with Crippen molar-refractivity contribution in [3.63, 3.8) is 0 Å². The van der Waals surface area contributed by atoms with Gasteiger partial charge in [-0.2, -0.15) is 5.10 Å². The van der Waals surface area contributed by atoms with Gasteiger partial charge in [-0.1, -0.05) is 46.3 Å². The highest BCUT2D eigenvalue weighted by atomic mass is 79.9. The Kier molecular flexibility index (Phi) is 6.62. The van der Waals surface area contributed by atoms with Gasteiger partial charge in [0.1, 0.15) is 0 Å². The molecule has 3 rings (SSSR count). The number of aliphatic carboxylic acids is 1. The first-order valence-electron chi connectivity index (χ1n) is 8.09. The average molecular weight is 462 g/mol. The molecule has 0 aliphatic rings. The van der Waals surface area contributed by atoms with Gasteiger partial charge in [-0.3, -0.25) is 5.43 Å². The zero-order valence-corrected chi connectivity index (χ0v) is 17.2. The Balaban J connectivity index is 1.77. The van der Waals surface area contributed by atoms with E-state index in [-0.39, 0.29) is 0 Å². The van der Waals surface area contributed by atoms with Crippen molar-refractivity contribution in [2.75, 3.05) is 19.1 Å². The number of carboxylic acid groups (broad SMARTS) is 1. The van der Waals surface area contributed by atoms with Crippen LogP contribution in [-0.4, -0.2) is 36.0 Å². The molecule has 0 saturated carbocycles. The highest BCUT2D eigenvalue weighted by Gasteiger charge is 2.13. The maximum atomic E-state index is 10.8. The van der Waals surface area contributed by atoms with Gasteiger partial charge in [0.15, 0.2) is 18.1 Å². The normalized spacial score (nSPS) is 10.8. The summed E-state index contributed by atoms with van der Waals surface area (Å²) in [4.78, 5) is 15.3. The summed E-state index contributed by atoms with van der Waals surface area (Å²) in [6.45, 7) is -0.487. The number of halogens is 1. The van der Waals surface area contributed by atoms with Crippen LogP contribution in [-0.2, 0) is 4.79 Å². The number of nitrogens with zero attached hydrogens (tertiary/aromatic N) is 2. The smallest absolute Gasteiger partial charge is 0.341 e. The number of aromatic nitrogens is 1. The zero-order chi connectivity index (χ0) is 19.9. The largest absolute Gasteiger partial charge is 0.493 e. The summed E-state index contributed by atoms with van der Waals surface area (Å²) < 4.78 is 11.4. The first-order chi connectivity index (χ1) is 13.6. The van der Waals surface area contributed by atoms with E-state index in [4.69, 9.17) is 14.6 Å². The summed E-state index contributed by atoms with van der Waals surface area (Å²) in [5, 5.41) is 15.6. The van der Waals surface area contributed by atoms with Crippen LogP contribution in [0.2, 0.25) is 0 Å². The molecule has 3 aromatic rings. The Bertz CT molecular complexity index is 992. The van der Waals surface area contributed by atoms with E-state index >= 15 is 0 Å². The number of anilines is 1. The van der Waals surface area contributed by atoms with Crippen LogP contribution in [0.4, 0.5) is 5.13 Å². The summed E-state index contributed by atoms with van der Waals surface area (Å²) in [5.74, 6) is -0.386. The molecule has 0 atom stereocenters. The van der Waals surface area contributed by atoms with Crippen molar-refractivity contribution in [3.8, 4) is 22.8 Å². The molecule has 2 N–H and O–H groups in total. The Hall–Kier alpha value is -2.91. The van der Waals surface area contributed by atoms with Gasteiger partial charge < -0.3 is 14.6 Å². The summed E-state index contributed by atoms with van der Waals surface area (Å²) >= 11 is 4.82. The fraction of sp³-hybridized carbons (Fsp3) is 0.105. The Morgan fingerprint density at radius 2 is 2.14 bits per heavy atom. The molecule has 0 aliphatic heterocycles. The van der Waals surface area contributed by atoms with E-state index in [0.29, 0.717) is 22.2 Å². The number of carbonyl (C=O) groups is 1. The van der Waals surface area contributed by atoms with Crippen LogP contribution in [0.15, 0.2) is 57.4 Å². The Morgan fingerprint density at radius 1 is 1.36 bits per heavy atom. The third-order valence-electron chi connectivity index (χ3n) is 3.55. The molecule has 1 aromatic heterocycles. The number of hydrazone groups is 1. The van der Waals surface area contributed by atoms with E-state index in [1.165, 1.54) is 24.7 Å². The van der Waals surface area contributed by atoms with Gasteiger partial charge in [0.05, 0.1) is 19.0 Å². The summed E-state index contributed by atoms with van der Waals surface area (Å²) in [5.41, 5.74) is 5.32. The molecule has 0 aliphatic carbocycles. The predicted octanol–water partition coefficient (Wildman–Crippen LogP) is 4.49. The van der Waals surface area contributed by atoms with E-state index in [2.05, 4.69) is 31.4 Å². The Labute approximate surface area is 173 Å². The van der Waals surface area contributed by atoms with Gasteiger partial charge in [-0.25, -0.2) is 9.78 Å². The minimum atomic E-state index is -1.08. The van der Waals surface area contributed by atoms with Crippen molar-refractivity contribution in [1.29, 1.82) is 0 Å². The van der Waals surface area contributed by atoms with E-state index < -0.39 is 12.6 Å². The quantitative estimate of drug-likeness (QED) is 0.379. The summed E-state index contributed by atoms with van der Waals surface area (Å²) in [6, 6.07) is 13.3. The van der Waals surface area contributed by atoms with Crippen LogP contribution in [0, 0.1) is 0 Å². The number of hydrogen-bond acceptors (Lipinski definition) is 7. The fourth-order valence-electron chi connectivity index (χ4n) is 2.35. The van der Waals surface area contributed by atoms with Gasteiger partial charge in [0.2, 0.25) is 5.13 Å². The second kappa shape index (κ2) is 9.34. The van der Waals surface area contributed by atoms with Crippen molar-refractivity contribution in [1.82, 2.24) is 4.98 Å². The number of carboxylic acids is 1. The second-order valence-electron chi connectivity index (χ2n) is 5.48. The molecule has 144 valence electrons. The highest BCUT2D eigenvalue weighted by Crippen LogP contribution is 2.34. The zero-order valence-electron chi connectivity index (χ0n) is 14.8. The number of nitrogens with one attached hydrogen (secondary N) is 1. The Morgan fingerprint density at radius 3 is 2.86 bits per heavy atom. The number of thiazole rings is 1. The lowest BCUT2D eigenvalue weighted by Gasteiger charge is -2.12. The molecule has 0 saturated heterocycles. The van der Waals surface area contributed by atoms with E-state index in [9.17, 15) is 4.79 Å². The van der Waals surface area contributed by atoms with Crippen molar-refractivity contribution < 1.29 is 19.4 Å². The number of rotatable bonds is 8. The van der Waals surface area contributed by atoms with Gasteiger partial charge in [0.25, 0.3) is 0 Å². The third kappa shape index (κ3) is 5.08. The maximum absolute atomic E-state index is 10.8. The molecule has 0 amide bonds. The van der Waals surface area contributed by atoms with Crippen LogP contribution in [0.5, 0.6) is 11.5 Å². The van der Waals surface area contributed by atoms with Crippen molar-refractivity contribution in [2.24, 2.45) is 5.10 Å². The SMILES string of the molecule is COc1cc(Br)cc(C=NNc2nc(-c3ccccc3)cs2)c1OCC(=O)O. The van der Waals surface area contributed by atoms with Gasteiger partial charge in [0, 0.05) is 21.0 Å². The van der Waals surface area contributed by atoms with Crippen LogP contribution >= 0.6 is 27.3 Å². The number of methoxy groups -OCH3 is 1. The van der Waals surface area contributed by atoms with Crippen molar-refractivity contribution in [3.05, 3.63) is 57.9 Å². The molecule has 0 unspecified atom stereocenters. The van der Waals surface area contributed by atoms with E-state index in [1.54, 1.807) is 12.1 Å². The van der Waals surface area contributed by atoms with Crippen LogP contribution in [0.3, 0.4) is 0 Å². The van der Waals surface area contributed by atoms with Gasteiger partial charge >= 0.3 is 5.97 Å². The molecule has 0 fully saturated rings. The number of ether oxygens (including phenoxy) is 2. The molecule has 9 heteroatoms. The lowest BCUT2D eigenvalue weighted by molar-refractivity contribution is -0.139. The molecular formula is C19H16BrN3O4S. The minimum absolute atomic E-state index is 0.294. The average Bonchev–Trinajstić information content (AvgIpc) is 3.16. The van der Waals surface area contributed by atoms with Crippen molar-refractivity contribution >= 4 is 44.6 Å². The first-order valence-corrected chi connectivity index (χ1v) is 9.76. The second-order valence-corrected chi connectivity index (χ2v) is 7.26. The molecule has 0 spiro atoms. The minimum Gasteiger partial charge on any atom is -0.493 e. The molecule has 0 bridgehead atoms. The third-order valence-corrected chi connectivity index (χ3v) is 4.75. The summed E-state index contributed by atoms with van der Waals surface area (Å²) in [6.07, 6.45) is 1.52. The standard InChI is InChI=1S/C19H16BrN3O4S/c1-26-16-8-14(20)7-13(18(16)27-10-17(24)25)9-21-23-19-22-15(11-28-19)12-5-3-2-4-6-12/h2-9,11H,10H2,1H3,(H,22,23)(H,24,25). The van der Waals surface area contributed by atoms with Crippen LogP contribution in [0.1, 0.15) is 5.56 Å². The lowest BCUT2D eigenvalue weighted by atomic mass is 10.2. The van der Waals surface area contributed by atoms with Crippen LogP contribution in [0.25, 0.3) is 11.3 Å². The predicted molar refractivity (Wildman–Crippen MR) is 113 cm³/mol. The number of benzene rings is 2. The molecule has 28 heavy (non-hydrogen) atoms. The number of hydrogen-bond donors (Lipinski definition) is 2. The highest BCUT2D eigenvalue weighted by molar-refractivity contribution is 9.10. The monoisotopic (exact) mass is 461 g/mol. The van der Waals surface area contributed by atoms with Crippen molar-refractivity contribution in [2.45, 2.75) is 0 Å². The fourth-order valence-corrected chi connectivity index (χ4v) is 3.47.